The van der Waals surface area contributed by atoms with Crippen molar-refractivity contribution in [1.82, 2.24) is 10.2 Å². The van der Waals surface area contributed by atoms with E-state index in [-0.39, 0.29) is 18.6 Å². The molecule has 126 valence electrons. The van der Waals surface area contributed by atoms with Crippen LogP contribution in [0.4, 0.5) is 4.79 Å². The number of carbonyl (C=O) groups excluding carboxylic acids is 2. The van der Waals surface area contributed by atoms with Crippen LogP contribution in [0.25, 0.3) is 0 Å². The van der Waals surface area contributed by atoms with Crippen LogP contribution in [0.2, 0.25) is 0 Å². The molecule has 1 aliphatic rings. The van der Waals surface area contributed by atoms with Gasteiger partial charge in [0.05, 0.1) is 34.4 Å². The molecule has 1 saturated heterocycles. The molecular weight excluding hydrogens is 304 g/mol. The van der Waals surface area contributed by atoms with Crippen molar-refractivity contribution in [3.63, 3.8) is 0 Å². The van der Waals surface area contributed by atoms with Crippen LogP contribution >= 0.6 is 0 Å². The van der Waals surface area contributed by atoms with Crippen molar-refractivity contribution >= 4 is 12.0 Å². The molecule has 1 unspecified atom stereocenters. The van der Waals surface area contributed by atoms with Crippen molar-refractivity contribution in [1.29, 1.82) is 0 Å². The van der Waals surface area contributed by atoms with Crippen molar-refractivity contribution in [2.45, 2.75) is 6.10 Å². The van der Waals surface area contributed by atoms with E-state index in [1.165, 1.54) is 26.2 Å². The second-order valence-corrected chi connectivity index (χ2v) is 5.01. The van der Waals surface area contributed by atoms with Crippen LogP contribution in [0, 0.1) is 0 Å². The molecule has 1 aliphatic heterocycles. The van der Waals surface area contributed by atoms with Gasteiger partial charge in [0.15, 0.2) is 11.5 Å². The summed E-state index contributed by atoms with van der Waals surface area (Å²) in [4.78, 5) is 25.0. The number of methoxy groups -OCH3 is 3. The molecule has 8 nitrogen and oxygen atoms in total. The van der Waals surface area contributed by atoms with E-state index < -0.39 is 6.09 Å². The number of amides is 2. The summed E-state index contributed by atoms with van der Waals surface area (Å²) in [5.41, 5.74) is 0.358. The Kier molecular flexibility index (Phi) is 5.15. The Morgan fingerprint density at radius 2 is 1.87 bits per heavy atom. The van der Waals surface area contributed by atoms with E-state index in [9.17, 15) is 9.59 Å². The van der Waals surface area contributed by atoms with Gasteiger partial charge in [-0.3, -0.25) is 4.79 Å². The molecule has 1 aromatic carbocycles. The lowest BCUT2D eigenvalue weighted by Crippen LogP contribution is -2.34. The molecule has 1 heterocycles. The Morgan fingerprint density at radius 3 is 2.30 bits per heavy atom. The molecule has 0 aromatic heterocycles. The molecule has 8 heteroatoms. The molecule has 23 heavy (non-hydrogen) atoms. The summed E-state index contributed by atoms with van der Waals surface area (Å²) >= 11 is 0. The smallest absolute Gasteiger partial charge is 0.410 e. The lowest BCUT2D eigenvalue weighted by molar-refractivity contribution is 0.0914. The Labute approximate surface area is 134 Å². The summed E-state index contributed by atoms with van der Waals surface area (Å²) in [5.74, 6) is 0.876. The fourth-order valence-corrected chi connectivity index (χ4v) is 2.28. The van der Waals surface area contributed by atoms with Crippen LogP contribution in [0.1, 0.15) is 10.4 Å². The first-order chi connectivity index (χ1) is 11.0. The Bertz CT molecular complexity index is 579. The third-order valence-corrected chi connectivity index (χ3v) is 3.47. The minimum Gasteiger partial charge on any atom is -0.493 e. The number of cyclic esters (lactones) is 1. The van der Waals surface area contributed by atoms with Gasteiger partial charge in [0.25, 0.3) is 5.91 Å². The van der Waals surface area contributed by atoms with Gasteiger partial charge in [-0.2, -0.15) is 0 Å². The third-order valence-electron chi connectivity index (χ3n) is 3.47. The van der Waals surface area contributed by atoms with Crippen LogP contribution in [0.15, 0.2) is 12.1 Å². The fourth-order valence-electron chi connectivity index (χ4n) is 2.28. The van der Waals surface area contributed by atoms with Gasteiger partial charge in [0, 0.05) is 12.6 Å². The average molecular weight is 324 g/mol. The highest BCUT2D eigenvalue weighted by molar-refractivity contribution is 5.95. The number of carbonyl (C=O) groups is 2. The van der Waals surface area contributed by atoms with E-state index in [4.69, 9.17) is 18.9 Å². The van der Waals surface area contributed by atoms with Gasteiger partial charge in [-0.05, 0) is 12.1 Å². The summed E-state index contributed by atoms with van der Waals surface area (Å²) in [6.07, 6.45) is -0.754. The van der Waals surface area contributed by atoms with Crippen LogP contribution in [0.5, 0.6) is 17.2 Å². The van der Waals surface area contributed by atoms with Gasteiger partial charge in [-0.1, -0.05) is 0 Å². The Hall–Kier alpha value is -2.64. The fraction of sp³-hybridized carbons (Fsp3) is 0.467. The minimum atomic E-state index is -0.392. The monoisotopic (exact) mass is 324 g/mol. The number of benzene rings is 1. The molecule has 1 fully saturated rings. The van der Waals surface area contributed by atoms with Crippen molar-refractivity contribution in [2.24, 2.45) is 0 Å². The highest BCUT2D eigenvalue weighted by atomic mass is 16.6. The molecule has 0 bridgehead atoms. The molecule has 1 N–H and O–H groups in total. The first-order valence-corrected chi connectivity index (χ1v) is 7.00. The second-order valence-electron chi connectivity index (χ2n) is 5.01. The first kappa shape index (κ1) is 16.7. The number of hydrogen-bond acceptors (Lipinski definition) is 6. The summed E-state index contributed by atoms with van der Waals surface area (Å²) in [6, 6.07) is 3.12. The van der Waals surface area contributed by atoms with Crippen LogP contribution in [0.3, 0.4) is 0 Å². The summed E-state index contributed by atoms with van der Waals surface area (Å²) < 4.78 is 20.7. The molecular formula is C15H20N2O6. The number of rotatable bonds is 6. The average Bonchev–Trinajstić information content (AvgIpc) is 2.89. The number of hydrogen-bond donors (Lipinski definition) is 1. The molecule has 0 aliphatic carbocycles. The SMILES string of the molecule is COc1cc(C(=O)NCC2CN(C)C(=O)O2)cc(OC)c1OC. The van der Waals surface area contributed by atoms with Crippen LogP contribution in [-0.4, -0.2) is 64.5 Å². The van der Waals surface area contributed by atoms with Gasteiger partial charge in [0.1, 0.15) is 6.10 Å². The van der Waals surface area contributed by atoms with E-state index in [0.29, 0.717) is 29.4 Å². The van der Waals surface area contributed by atoms with E-state index in [1.807, 2.05) is 0 Å². The van der Waals surface area contributed by atoms with E-state index in [0.717, 1.165) is 0 Å². The van der Waals surface area contributed by atoms with E-state index in [2.05, 4.69) is 5.32 Å². The van der Waals surface area contributed by atoms with Crippen LogP contribution < -0.4 is 19.5 Å². The molecule has 0 saturated carbocycles. The standard InChI is InChI=1S/C15H20N2O6/c1-17-8-10(23-15(17)19)7-16-14(18)9-5-11(20-2)13(22-4)12(6-9)21-3/h5-6,10H,7-8H2,1-4H3,(H,16,18). The topological polar surface area (TPSA) is 86.3 Å². The minimum absolute atomic E-state index is 0.228. The van der Waals surface area contributed by atoms with Crippen molar-refractivity contribution in [3.8, 4) is 17.2 Å². The second kappa shape index (κ2) is 7.08. The van der Waals surface area contributed by atoms with Crippen molar-refractivity contribution in [2.75, 3.05) is 41.5 Å². The van der Waals surface area contributed by atoms with Gasteiger partial charge in [-0.25, -0.2) is 4.79 Å². The molecule has 2 amide bonds. The largest absolute Gasteiger partial charge is 0.493 e. The maximum atomic E-state index is 12.3. The van der Waals surface area contributed by atoms with E-state index >= 15 is 0 Å². The maximum absolute atomic E-state index is 12.3. The van der Waals surface area contributed by atoms with Crippen molar-refractivity contribution in [3.05, 3.63) is 17.7 Å². The number of ether oxygens (including phenoxy) is 4. The highest BCUT2D eigenvalue weighted by Crippen LogP contribution is 2.38. The van der Waals surface area contributed by atoms with E-state index in [1.54, 1.807) is 19.2 Å². The molecule has 2 rings (SSSR count). The van der Waals surface area contributed by atoms with Gasteiger partial charge in [0.2, 0.25) is 5.75 Å². The summed E-state index contributed by atoms with van der Waals surface area (Å²) in [5, 5.41) is 2.73. The summed E-state index contributed by atoms with van der Waals surface area (Å²) in [6.45, 7) is 0.667. The third kappa shape index (κ3) is 3.58. The lowest BCUT2D eigenvalue weighted by Gasteiger charge is -2.14. The number of nitrogens with zero attached hydrogens (tertiary/aromatic N) is 1. The number of nitrogens with one attached hydrogen (secondary N) is 1. The predicted molar refractivity (Wildman–Crippen MR) is 81.3 cm³/mol. The molecule has 0 radical (unpaired) electrons. The van der Waals surface area contributed by atoms with Gasteiger partial charge >= 0.3 is 6.09 Å². The number of likely N-dealkylation sites (N-methyl/N-ethyl adjacent to an activating group) is 1. The lowest BCUT2D eigenvalue weighted by atomic mass is 10.1. The van der Waals surface area contributed by atoms with Gasteiger partial charge in [-0.15, -0.1) is 0 Å². The quantitative estimate of drug-likeness (QED) is 0.836. The molecule has 1 atom stereocenters. The Morgan fingerprint density at radius 1 is 1.26 bits per heavy atom. The predicted octanol–water partition coefficient (Wildman–Crippen LogP) is 0.893. The van der Waals surface area contributed by atoms with Crippen molar-refractivity contribution < 1.29 is 28.5 Å². The highest BCUT2D eigenvalue weighted by Gasteiger charge is 2.28. The van der Waals surface area contributed by atoms with Crippen LogP contribution in [-0.2, 0) is 4.74 Å². The Balaban J connectivity index is 2.08. The molecule has 0 spiro atoms. The zero-order chi connectivity index (χ0) is 17.0. The zero-order valence-electron chi connectivity index (χ0n) is 13.5. The first-order valence-electron chi connectivity index (χ1n) is 7.00. The normalized spacial score (nSPS) is 16.8. The van der Waals surface area contributed by atoms with Gasteiger partial charge < -0.3 is 29.2 Å². The zero-order valence-corrected chi connectivity index (χ0v) is 13.5. The maximum Gasteiger partial charge on any atom is 0.410 e. The molecule has 1 aromatic rings. The summed E-state index contributed by atoms with van der Waals surface area (Å²) in [7, 11) is 6.09.